The zero-order valence-electron chi connectivity index (χ0n) is 12.2. The Hall–Kier alpha value is -2.04. The summed E-state index contributed by atoms with van der Waals surface area (Å²) in [6.45, 7) is 6.98. The summed E-state index contributed by atoms with van der Waals surface area (Å²) in [7, 11) is 0. The van der Waals surface area contributed by atoms with Crippen molar-refractivity contribution >= 4 is 11.8 Å². The van der Waals surface area contributed by atoms with Crippen LogP contribution in [-0.4, -0.2) is 15.6 Å². The van der Waals surface area contributed by atoms with Gasteiger partial charge in [-0.3, -0.25) is 10.1 Å². The first-order valence-electron chi connectivity index (χ1n) is 6.83. The van der Waals surface area contributed by atoms with Gasteiger partial charge in [-0.1, -0.05) is 25.9 Å². The molecule has 0 atom stereocenters. The lowest BCUT2D eigenvalue weighted by Gasteiger charge is -2.12. The maximum Gasteiger partial charge on any atom is 0.231 e. The van der Waals surface area contributed by atoms with Crippen LogP contribution in [0, 0.1) is 0 Å². The maximum absolute atomic E-state index is 11.8. The van der Waals surface area contributed by atoms with Crippen molar-refractivity contribution in [2.45, 2.75) is 45.6 Å². The maximum atomic E-state index is 11.8. The molecule has 0 aliphatic rings. The topological polar surface area (TPSA) is 60.1 Å². The smallest absolute Gasteiger partial charge is 0.231 e. The number of amides is 1. The summed E-state index contributed by atoms with van der Waals surface area (Å²) in [5.74, 6) is 0.370. The van der Waals surface area contributed by atoms with E-state index in [-0.39, 0.29) is 11.3 Å². The first kappa shape index (κ1) is 14.4. The molecule has 0 aliphatic carbocycles. The number of carbonyl (C=O) groups excluding carboxylic acids is 1. The number of carbonyl (C=O) groups is 1. The SMILES string of the molecule is CC(C)(C)c1cc(NC(=O)CCCn2cccc2)on1. The molecule has 0 unspecified atom stereocenters. The van der Waals surface area contributed by atoms with Gasteiger partial charge in [-0.25, -0.2) is 0 Å². The molecule has 1 amide bonds. The Kier molecular flexibility index (Phi) is 4.27. The Balaban J connectivity index is 1.78. The van der Waals surface area contributed by atoms with Gasteiger partial charge in [0.15, 0.2) is 0 Å². The molecule has 20 heavy (non-hydrogen) atoms. The number of hydrogen-bond acceptors (Lipinski definition) is 3. The van der Waals surface area contributed by atoms with E-state index in [4.69, 9.17) is 4.52 Å². The number of aryl methyl sites for hydroxylation is 1. The molecule has 2 aromatic heterocycles. The second-order valence-corrected chi connectivity index (χ2v) is 5.90. The fourth-order valence-electron chi connectivity index (χ4n) is 1.83. The summed E-state index contributed by atoms with van der Waals surface area (Å²) in [6, 6.07) is 5.73. The summed E-state index contributed by atoms with van der Waals surface area (Å²) < 4.78 is 7.18. The molecule has 0 radical (unpaired) electrons. The molecule has 108 valence electrons. The molecular weight excluding hydrogens is 254 g/mol. The number of nitrogens with one attached hydrogen (secondary N) is 1. The van der Waals surface area contributed by atoms with Crippen molar-refractivity contribution in [1.29, 1.82) is 0 Å². The minimum absolute atomic E-state index is 0.0474. The number of aromatic nitrogens is 2. The third kappa shape index (κ3) is 3.98. The average molecular weight is 275 g/mol. The van der Waals surface area contributed by atoms with Gasteiger partial charge in [0.1, 0.15) is 0 Å². The van der Waals surface area contributed by atoms with Gasteiger partial charge in [0, 0.05) is 36.8 Å². The summed E-state index contributed by atoms with van der Waals surface area (Å²) in [5, 5.41) is 6.70. The molecule has 0 fully saturated rings. The van der Waals surface area contributed by atoms with Crippen molar-refractivity contribution in [3.63, 3.8) is 0 Å². The Morgan fingerprint density at radius 2 is 2.05 bits per heavy atom. The molecule has 0 saturated carbocycles. The zero-order chi connectivity index (χ0) is 14.6. The van der Waals surface area contributed by atoms with Gasteiger partial charge in [0.2, 0.25) is 11.8 Å². The fourth-order valence-corrected chi connectivity index (χ4v) is 1.83. The van der Waals surface area contributed by atoms with E-state index in [1.807, 2.05) is 45.3 Å². The Morgan fingerprint density at radius 3 is 2.65 bits per heavy atom. The van der Waals surface area contributed by atoms with Crippen LogP contribution in [0.15, 0.2) is 35.1 Å². The minimum Gasteiger partial charge on any atom is -0.354 e. The second-order valence-electron chi connectivity index (χ2n) is 5.90. The largest absolute Gasteiger partial charge is 0.354 e. The molecule has 0 bridgehead atoms. The standard InChI is InChI=1S/C15H21N3O2/c1-15(2,3)12-11-14(20-17-12)16-13(19)7-6-10-18-8-4-5-9-18/h4-5,8-9,11H,6-7,10H2,1-3H3,(H,16,19). The molecule has 2 aromatic rings. The quantitative estimate of drug-likeness (QED) is 0.911. The fraction of sp³-hybridized carbons (Fsp3) is 0.467. The monoisotopic (exact) mass is 275 g/mol. The Morgan fingerprint density at radius 1 is 1.35 bits per heavy atom. The lowest BCUT2D eigenvalue weighted by atomic mass is 9.92. The minimum atomic E-state index is -0.0824. The predicted octanol–water partition coefficient (Wildman–Crippen LogP) is 3.19. The van der Waals surface area contributed by atoms with Gasteiger partial charge >= 0.3 is 0 Å². The third-order valence-corrected chi connectivity index (χ3v) is 3.03. The Labute approximate surface area is 119 Å². The van der Waals surface area contributed by atoms with Crippen LogP contribution < -0.4 is 5.32 Å². The van der Waals surface area contributed by atoms with Crippen molar-refractivity contribution in [2.75, 3.05) is 5.32 Å². The summed E-state index contributed by atoms with van der Waals surface area (Å²) in [6.07, 6.45) is 5.23. The molecule has 1 N–H and O–H groups in total. The molecule has 2 heterocycles. The Bertz CT molecular complexity index is 550. The first-order chi connectivity index (χ1) is 9.45. The lowest BCUT2D eigenvalue weighted by molar-refractivity contribution is -0.116. The van der Waals surface area contributed by atoms with E-state index in [1.54, 1.807) is 6.07 Å². The highest BCUT2D eigenvalue weighted by Gasteiger charge is 2.19. The van der Waals surface area contributed by atoms with E-state index in [9.17, 15) is 4.79 Å². The second kappa shape index (κ2) is 5.94. The van der Waals surface area contributed by atoms with E-state index in [2.05, 4.69) is 15.0 Å². The molecule has 5 nitrogen and oxygen atoms in total. The summed E-state index contributed by atoms with van der Waals surface area (Å²) >= 11 is 0. The van der Waals surface area contributed by atoms with Crippen molar-refractivity contribution in [1.82, 2.24) is 9.72 Å². The molecule has 2 rings (SSSR count). The highest BCUT2D eigenvalue weighted by Crippen LogP contribution is 2.23. The molecule has 0 saturated heterocycles. The highest BCUT2D eigenvalue weighted by atomic mass is 16.5. The number of rotatable bonds is 5. The van der Waals surface area contributed by atoms with Gasteiger partial charge in [0.25, 0.3) is 0 Å². The molecule has 5 heteroatoms. The van der Waals surface area contributed by atoms with Crippen LogP contribution in [0.2, 0.25) is 0 Å². The van der Waals surface area contributed by atoms with Gasteiger partial charge < -0.3 is 9.09 Å². The van der Waals surface area contributed by atoms with Crippen LogP contribution >= 0.6 is 0 Å². The van der Waals surface area contributed by atoms with Crippen LogP contribution in [0.25, 0.3) is 0 Å². The normalized spacial score (nSPS) is 11.6. The van der Waals surface area contributed by atoms with Crippen LogP contribution in [-0.2, 0) is 16.8 Å². The van der Waals surface area contributed by atoms with Gasteiger partial charge in [-0.2, -0.15) is 0 Å². The van der Waals surface area contributed by atoms with Crippen molar-refractivity contribution in [2.24, 2.45) is 0 Å². The van der Waals surface area contributed by atoms with E-state index in [1.165, 1.54) is 0 Å². The van der Waals surface area contributed by atoms with E-state index in [0.717, 1.165) is 18.7 Å². The number of nitrogens with zero attached hydrogens (tertiary/aromatic N) is 2. The highest BCUT2D eigenvalue weighted by molar-refractivity contribution is 5.89. The van der Waals surface area contributed by atoms with Crippen LogP contribution in [0.3, 0.4) is 0 Å². The van der Waals surface area contributed by atoms with E-state index >= 15 is 0 Å². The van der Waals surface area contributed by atoms with E-state index in [0.29, 0.717) is 12.3 Å². The molecule has 0 aliphatic heterocycles. The van der Waals surface area contributed by atoms with Crippen LogP contribution in [0.5, 0.6) is 0 Å². The first-order valence-corrected chi connectivity index (χ1v) is 6.83. The van der Waals surface area contributed by atoms with Gasteiger partial charge in [-0.15, -0.1) is 0 Å². The van der Waals surface area contributed by atoms with Gasteiger partial charge in [0.05, 0.1) is 5.69 Å². The zero-order valence-corrected chi connectivity index (χ0v) is 12.2. The summed E-state index contributed by atoms with van der Waals surface area (Å²) in [4.78, 5) is 11.8. The van der Waals surface area contributed by atoms with Crippen LogP contribution in [0.4, 0.5) is 5.88 Å². The van der Waals surface area contributed by atoms with Crippen molar-refractivity contribution < 1.29 is 9.32 Å². The van der Waals surface area contributed by atoms with Crippen LogP contribution in [0.1, 0.15) is 39.3 Å². The number of anilines is 1. The van der Waals surface area contributed by atoms with E-state index < -0.39 is 0 Å². The van der Waals surface area contributed by atoms with Crippen molar-refractivity contribution in [3.05, 3.63) is 36.3 Å². The molecule has 0 aromatic carbocycles. The molecule has 0 spiro atoms. The predicted molar refractivity (Wildman–Crippen MR) is 77.5 cm³/mol. The van der Waals surface area contributed by atoms with Crippen molar-refractivity contribution in [3.8, 4) is 0 Å². The third-order valence-electron chi connectivity index (χ3n) is 3.03. The molecular formula is C15H21N3O2. The van der Waals surface area contributed by atoms with Gasteiger partial charge in [-0.05, 0) is 18.6 Å². The summed E-state index contributed by atoms with van der Waals surface area (Å²) in [5.41, 5.74) is 0.751. The lowest BCUT2D eigenvalue weighted by Crippen LogP contribution is -2.12. The number of hydrogen-bond donors (Lipinski definition) is 1. The average Bonchev–Trinajstić information content (AvgIpc) is 2.98.